The molecule has 0 atom stereocenters. The summed E-state index contributed by atoms with van der Waals surface area (Å²) >= 11 is 1.49. The monoisotopic (exact) mass is 332 g/mol. The molecule has 0 radical (unpaired) electrons. The second kappa shape index (κ2) is 5.70. The lowest BCUT2D eigenvalue weighted by Gasteiger charge is -2.29. The predicted octanol–water partition coefficient (Wildman–Crippen LogP) is 2.63. The van der Waals surface area contributed by atoms with Crippen molar-refractivity contribution < 1.29 is 19.1 Å². The van der Waals surface area contributed by atoms with Crippen molar-refractivity contribution in [2.75, 3.05) is 5.32 Å². The molecule has 2 heterocycles. The number of nitrogens with one attached hydrogen (secondary N) is 1. The molecule has 7 heteroatoms. The van der Waals surface area contributed by atoms with Gasteiger partial charge < -0.3 is 14.8 Å². The molecule has 1 aromatic heterocycles. The first-order valence-electron chi connectivity index (χ1n) is 7.39. The summed E-state index contributed by atoms with van der Waals surface area (Å²) in [5, 5.41) is 12.9. The van der Waals surface area contributed by atoms with Crippen LogP contribution in [0.4, 0.5) is 5.00 Å². The number of hydrogen-bond acceptors (Lipinski definition) is 7. The minimum Gasteiger partial charge on any atom is -0.419 e. The number of nitriles is 1. The average molecular weight is 332 g/mol. The maximum absolute atomic E-state index is 11.9. The van der Waals surface area contributed by atoms with Gasteiger partial charge in [-0.3, -0.25) is 0 Å². The molecule has 1 aliphatic heterocycles. The van der Waals surface area contributed by atoms with E-state index >= 15 is 0 Å². The van der Waals surface area contributed by atoms with Crippen LogP contribution in [0.2, 0.25) is 0 Å². The molecule has 1 N–H and O–H groups in total. The van der Waals surface area contributed by atoms with E-state index in [0.29, 0.717) is 10.6 Å². The van der Waals surface area contributed by atoms with E-state index in [1.807, 2.05) is 0 Å². The summed E-state index contributed by atoms with van der Waals surface area (Å²) in [7, 11) is 0. The summed E-state index contributed by atoms with van der Waals surface area (Å²) in [5.41, 5.74) is 1.47. The van der Waals surface area contributed by atoms with Gasteiger partial charge in [0.2, 0.25) is 0 Å². The topological polar surface area (TPSA) is 88.4 Å². The van der Waals surface area contributed by atoms with Crippen LogP contribution in [0.25, 0.3) is 0 Å². The highest BCUT2D eigenvalue weighted by molar-refractivity contribution is 7.16. The lowest BCUT2D eigenvalue weighted by Crippen LogP contribution is -2.42. The van der Waals surface area contributed by atoms with E-state index in [1.165, 1.54) is 36.3 Å². The van der Waals surface area contributed by atoms with Gasteiger partial charge in [0.05, 0.1) is 5.56 Å². The number of ether oxygens (including phenoxy) is 2. The average Bonchev–Trinajstić information content (AvgIpc) is 2.82. The van der Waals surface area contributed by atoms with Gasteiger partial charge in [0.1, 0.15) is 11.1 Å². The van der Waals surface area contributed by atoms with Crippen LogP contribution >= 0.6 is 11.3 Å². The standard InChI is InChI=1S/C16H16N2O4S/c1-16(2)21-14(19)11(15(20)22-16)8-18-13-10(7-17)9-5-3-4-6-12(9)23-13/h8,18H,3-6H2,1-2H3. The fourth-order valence-electron chi connectivity index (χ4n) is 2.70. The normalized spacial score (nSPS) is 19.3. The molecule has 1 aromatic rings. The van der Waals surface area contributed by atoms with Crippen LogP contribution < -0.4 is 5.32 Å². The first kappa shape index (κ1) is 15.6. The molecule has 3 rings (SSSR count). The van der Waals surface area contributed by atoms with Crippen molar-refractivity contribution in [1.29, 1.82) is 5.26 Å². The summed E-state index contributed by atoms with van der Waals surface area (Å²) in [4.78, 5) is 25.0. The van der Waals surface area contributed by atoms with Crippen molar-refractivity contribution in [1.82, 2.24) is 0 Å². The fraction of sp³-hybridized carbons (Fsp3) is 0.438. The van der Waals surface area contributed by atoms with Crippen LogP contribution in [0.15, 0.2) is 11.8 Å². The number of esters is 2. The third-order valence-electron chi connectivity index (χ3n) is 3.75. The zero-order valence-electron chi connectivity index (χ0n) is 12.9. The van der Waals surface area contributed by atoms with Crippen LogP contribution in [0.5, 0.6) is 0 Å². The first-order chi connectivity index (χ1) is 10.9. The van der Waals surface area contributed by atoms with Crippen LogP contribution in [-0.2, 0) is 31.9 Å². The third-order valence-corrected chi connectivity index (χ3v) is 4.97. The van der Waals surface area contributed by atoms with E-state index < -0.39 is 17.7 Å². The second-order valence-corrected chi connectivity index (χ2v) is 7.01. The molecule has 1 aliphatic carbocycles. The Morgan fingerprint density at radius 2 is 1.87 bits per heavy atom. The number of thiophene rings is 1. The quantitative estimate of drug-likeness (QED) is 0.509. The zero-order valence-corrected chi connectivity index (χ0v) is 13.7. The van der Waals surface area contributed by atoms with Crippen LogP contribution in [0.1, 0.15) is 42.7 Å². The first-order valence-corrected chi connectivity index (χ1v) is 8.21. The van der Waals surface area contributed by atoms with Gasteiger partial charge in [-0.15, -0.1) is 11.3 Å². The van der Waals surface area contributed by atoms with Crippen molar-refractivity contribution >= 4 is 28.3 Å². The lowest BCUT2D eigenvalue weighted by molar-refractivity contribution is -0.222. The van der Waals surface area contributed by atoms with Gasteiger partial charge in [-0.05, 0) is 31.2 Å². The van der Waals surface area contributed by atoms with Gasteiger partial charge in [-0.1, -0.05) is 0 Å². The number of cyclic esters (lactones) is 2. The largest absolute Gasteiger partial charge is 0.419 e. The fourth-order valence-corrected chi connectivity index (χ4v) is 3.91. The Hall–Kier alpha value is -2.33. The minimum atomic E-state index is -1.26. The molecule has 0 spiro atoms. The molecule has 1 fully saturated rings. The van der Waals surface area contributed by atoms with Gasteiger partial charge in [0, 0.05) is 24.9 Å². The third kappa shape index (κ3) is 2.94. The molecule has 2 aliphatic rings. The van der Waals surface area contributed by atoms with Crippen molar-refractivity contribution in [3.05, 3.63) is 27.8 Å². The Balaban J connectivity index is 1.86. The summed E-state index contributed by atoms with van der Waals surface area (Å²) in [5.74, 6) is -2.73. The Morgan fingerprint density at radius 3 is 2.52 bits per heavy atom. The molecule has 0 amide bonds. The van der Waals surface area contributed by atoms with Crippen molar-refractivity contribution in [3.8, 4) is 6.07 Å². The van der Waals surface area contributed by atoms with Crippen molar-refractivity contribution in [3.63, 3.8) is 0 Å². The molecule has 0 unspecified atom stereocenters. The van der Waals surface area contributed by atoms with Crippen LogP contribution in [0, 0.1) is 11.3 Å². The highest BCUT2D eigenvalue weighted by atomic mass is 32.1. The molecule has 1 saturated heterocycles. The number of carbonyl (C=O) groups is 2. The second-order valence-electron chi connectivity index (χ2n) is 5.91. The van der Waals surface area contributed by atoms with E-state index in [4.69, 9.17) is 9.47 Å². The van der Waals surface area contributed by atoms with Crippen molar-refractivity contribution in [2.24, 2.45) is 0 Å². The van der Waals surface area contributed by atoms with E-state index in [2.05, 4.69) is 11.4 Å². The molecule has 6 nitrogen and oxygen atoms in total. The Labute approximate surface area is 137 Å². The molecular formula is C16H16N2O4S. The summed E-state index contributed by atoms with van der Waals surface area (Å²) in [6.07, 6.45) is 5.31. The maximum atomic E-state index is 11.9. The number of aryl methyl sites for hydroxylation is 1. The molecule has 0 aromatic carbocycles. The van der Waals surface area contributed by atoms with Gasteiger partial charge in [-0.2, -0.15) is 5.26 Å². The number of rotatable bonds is 2. The smallest absolute Gasteiger partial charge is 0.350 e. The number of carbonyl (C=O) groups excluding carboxylic acids is 2. The van der Waals surface area contributed by atoms with Gasteiger partial charge in [-0.25, -0.2) is 9.59 Å². The van der Waals surface area contributed by atoms with Gasteiger partial charge in [0.15, 0.2) is 5.57 Å². The molecule has 0 saturated carbocycles. The van der Waals surface area contributed by atoms with E-state index in [-0.39, 0.29) is 5.57 Å². The zero-order chi connectivity index (χ0) is 16.6. The summed E-state index contributed by atoms with van der Waals surface area (Å²) < 4.78 is 10.1. The van der Waals surface area contributed by atoms with Crippen LogP contribution in [0.3, 0.4) is 0 Å². The minimum absolute atomic E-state index is 0.209. The van der Waals surface area contributed by atoms with Gasteiger partial charge >= 0.3 is 11.9 Å². The van der Waals surface area contributed by atoms with E-state index in [0.717, 1.165) is 31.2 Å². The molecule has 0 bridgehead atoms. The number of fused-ring (bicyclic) bond motifs is 1. The van der Waals surface area contributed by atoms with Crippen LogP contribution in [-0.4, -0.2) is 17.7 Å². The number of hydrogen-bond donors (Lipinski definition) is 1. The lowest BCUT2D eigenvalue weighted by atomic mass is 9.96. The Kier molecular flexibility index (Phi) is 3.86. The summed E-state index contributed by atoms with van der Waals surface area (Å²) in [6, 6.07) is 2.21. The number of nitrogens with zero attached hydrogens (tertiary/aromatic N) is 1. The molecule has 23 heavy (non-hydrogen) atoms. The highest BCUT2D eigenvalue weighted by Crippen LogP contribution is 2.37. The van der Waals surface area contributed by atoms with E-state index in [9.17, 15) is 14.9 Å². The maximum Gasteiger partial charge on any atom is 0.350 e. The SMILES string of the molecule is CC1(C)OC(=O)C(=CNc2sc3c(c2C#N)CCCC3)C(=O)O1. The number of anilines is 1. The summed E-state index contributed by atoms with van der Waals surface area (Å²) in [6.45, 7) is 2.99. The molecule has 120 valence electrons. The van der Waals surface area contributed by atoms with Gasteiger partial charge in [0.25, 0.3) is 5.79 Å². The highest BCUT2D eigenvalue weighted by Gasteiger charge is 2.39. The van der Waals surface area contributed by atoms with Crippen molar-refractivity contribution in [2.45, 2.75) is 45.3 Å². The predicted molar refractivity (Wildman–Crippen MR) is 83.6 cm³/mol. The van der Waals surface area contributed by atoms with E-state index in [1.54, 1.807) is 0 Å². The molecular weight excluding hydrogens is 316 g/mol. The Morgan fingerprint density at radius 1 is 1.22 bits per heavy atom. The Bertz CT molecular complexity index is 733.